The van der Waals surface area contributed by atoms with Crippen molar-refractivity contribution in [2.45, 2.75) is 13.1 Å². The lowest BCUT2D eigenvalue weighted by molar-refractivity contribution is 0.240. The molecule has 0 bridgehead atoms. The molecule has 0 saturated carbocycles. The van der Waals surface area contributed by atoms with Gasteiger partial charge >= 0.3 is 6.03 Å². The van der Waals surface area contributed by atoms with Crippen LogP contribution in [0.5, 0.6) is 0 Å². The van der Waals surface area contributed by atoms with Crippen molar-refractivity contribution in [3.8, 4) is 0 Å². The first kappa shape index (κ1) is 13.2. The summed E-state index contributed by atoms with van der Waals surface area (Å²) in [6.45, 7) is 1.00. The van der Waals surface area contributed by atoms with Gasteiger partial charge in [-0.25, -0.2) is 9.78 Å². The van der Waals surface area contributed by atoms with Gasteiger partial charge in [0.2, 0.25) is 0 Å². The van der Waals surface area contributed by atoms with E-state index in [1.807, 2.05) is 48.5 Å². The largest absolute Gasteiger partial charge is 0.345 e. The third-order valence-corrected chi connectivity index (χ3v) is 3.23. The summed E-state index contributed by atoms with van der Waals surface area (Å²) in [4.78, 5) is 19.0. The second kappa shape index (κ2) is 6.09. The summed E-state index contributed by atoms with van der Waals surface area (Å²) in [5, 5.41) is 5.67. The van der Waals surface area contributed by atoms with Crippen molar-refractivity contribution in [2.24, 2.45) is 0 Å². The number of hydrogen-bond donors (Lipinski definition) is 3. The third kappa shape index (κ3) is 3.39. The van der Waals surface area contributed by atoms with Gasteiger partial charge in [0.25, 0.3) is 0 Å². The van der Waals surface area contributed by atoms with Crippen LogP contribution in [0.4, 0.5) is 4.79 Å². The van der Waals surface area contributed by atoms with Crippen LogP contribution in [-0.2, 0) is 13.1 Å². The molecule has 1 heterocycles. The zero-order chi connectivity index (χ0) is 14.5. The average molecular weight is 280 g/mol. The maximum Gasteiger partial charge on any atom is 0.315 e. The molecule has 0 fully saturated rings. The molecule has 0 aliphatic carbocycles. The Bertz CT molecular complexity index is 736. The lowest BCUT2D eigenvalue weighted by Crippen LogP contribution is -2.34. The number of aromatic amines is 1. The highest BCUT2D eigenvalue weighted by Crippen LogP contribution is 2.11. The van der Waals surface area contributed by atoms with Crippen LogP contribution < -0.4 is 10.6 Å². The molecule has 3 rings (SSSR count). The van der Waals surface area contributed by atoms with E-state index in [9.17, 15) is 4.79 Å². The summed E-state index contributed by atoms with van der Waals surface area (Å²) in [5.41, 5.74) is 4.00. The molecule has 2 aromatic carbocycles. The minimum atomic E-state index is -0.177. The fourth-order valence-electron chi connectivity index (χ4n) is 2.12. The van der Waals surface area contributed by atoms with Gasteiger partial charge in [0.15, 0.2) is 0 Å². The Kier molecular flexibility index (Phi) is 3.82. The summed E-state index contributed by atoms with van der Waals surface area (Å²) >= 11 is 0. The summed E-state index contributed by atoms with van der Waals surface area (Å²) in [6.07, 6.45) is 1.66. The number of H-pyrrole nitrogens is 1. The molecule has 0 aliphatic rings. The number of nitrogens with zero attached hydrogens (tertiary/aromatic N) is 1. The zero-order valence-electron chi connectivity index (χ0n) is 11.5. The van der Waals surface area contributed by atoms with E-state index in [1.165, 1.54) is 0 Å². The third-order valence-electron chi connectivity index (χ3n) is 3.23. The van der Waals surface area contributed by atoms with E-state index in [4.69, 9.17) is 0 Å². The maximum atomic E-state index is 11.8. The lowest BCUT2D eigenvalue weighted by atomic mass is 10.2. The van der Waals surface area contributed by atoms with Crippen LogP contribution in [-0.4, -0.2) is 16.0 Å². The molecule has 3 aromatic rings. The molecular formula is C16H16N4O. The van der Waals surface area contributed by atoms with Crippen LogP contribution in [0.15, 0.2) is 54.9 Å². The monoisotopic (exact) mass is 280 g/mol. The van der Waals surface area contributed by atoms with Crippen molar-refractivity contribution in [3.05, 3.63) is 66.0 Å². The number of carbonyl (C=O) groups is 1. The van der Waals surface area contributed by atoms with Gasteiger partial charge in [0, 0.05) is 13.1 Å². The first-order valence-electron chi connectivity index (χ1n) is 6.79. The van der Waals surface area contributed by atoms with Crippen LogP contribution in [0.1, 0.15) is 11.1 Å². The number of nitrogens with one attached hydrogen (secondary N) is 3. The lowest BCUT2D eigenvalue weighted by Gasteiger charge is -2.08. The predicted octanol–water partition coefficient (Wildman–Crippen LogP) is 2.56. The second-order valence-corrected chi connectivity index (χ2v) is 4.78. The van der Waals surface area contributed by atoms with E-state index < -0.39 is 0 Å². The Morgan fingerprint density at radius 1 is 1.00 bits per heavy atom. The van der Waals surface area contributed by atoms with E-state index in [0.717, 1.165) is 22.2 Å². The normalized spacial score (nSPS) is 10.5. The molecule has 5 heteroatoms. The first-order chi connectivity index (χ1) is 10.3. The number of fused-ring (bicyclic) bond motifs is 1. The van der Waals surface area contributed by atoms with Crippen LogP contribution >= 0.6 is 0 Å². The summed E-state index contributed by atoms with van der Waals surface area (Å²) in [6, 6.07) is 15.5. The van der Waals surface area contributed by atoms with Crippen LogP contribution in [0, 0.1) is 0 Å². The quantitative estimate of drug-likeness (QED) is 0.687. The number of hydrogen-bond acceptors (Lipinski definition) is 2. The molecular weight excluding hydrogens is 264 g/mol. The Hall–Kier alpha value is -2.82. The number of carbonyl (C=O) groups excluding carboxylic acids is 1. The Balaban J connectivity index is 1.51. The van der Waals surface area contributed by atoms with E-state index in [2.05, 4.69) is 20.6 Å². The number of amides is 2. The highest BCUT2D eigenvalue weighted by Gasteiger charge is 2.02. The summed E-state index contributed by atoms with van der Waals surface area (Å²) in [7, 11) is 0. The van der Waals surface area contributed by atoms with Crippen LogP contribution in [0.2, 0.25) is 0 Å². The van der Waals surface area contributed by atoms with Crippen LogP contribution in [0.3, 0.4) is 0 Å². The molecule has 0 aliphatic heterocycles. The molecule has 0 radical (unpaired) electrons. The molecule has 5 nitrogen and oxygen atoms in total. The molecule has 0 spiro atoms. The number of rotatable bonds is 4. The van der Waals surface area contributed by atoms with E-state index >= 15 is 0 Å². The number of urea groups is 1. The minimum Gasteiger partial charge on any atom is -0.345 e. The van der Waals surface area contributed by atoms with Crippen molar-refractivity contribution in [3.63, 3.8) is 0 Å². The minimum absolute atomic E-state index is 0.177. The van der Waals surface area contributed by atoms with Gasteiger partial charge in [-0.1, -0.05) is 36.4 Å². The molecule has 1 aromatic heterocycles. The van der Waals surface area contributed by atoms with E-state index in [1.54, 1.807) is 6.33 Å². The topological polar surface area (TPSA) is 69.8 Å². The summed E-state index contributed by atoms with van der Waals surface area (Å²) < 4.78 is 0. The van der Waals surface area contributed by atoms with Gasteiger partial charge in [0.05, 0.1) is 17.4 Å². The molecule has 0 atom stereocenters. The van der Waals surface area contributed by atoms with Gasteiger partial charge < -0.3 is 15.6 Å². The van der Waals surface area contributed by atoms with Crippen molar-refractivity contribution in [1.29, 1.82) is 0 Å². The standard InChI is InChI=1S/C16H16N4O/c21-16(17-9-12-4-2-1-3-5-12)18-10-13-6-7-14-15(8-13)20-11-19-14/h1-8,11H,9-10H2,(H,19,20)(H2,17,18,21). The molecule has 106 valence electrons. The highest BCUT2D eigenvalue weighted by molar-refractivity contribution is 5.76. The smallest absolute Gasteiger partial charge is 0.315 e. The van der Waals surface area contributed by atoms with Gasteiger partial charge in [-0.3, -0.25) is 0 Å². The Morgan fingerprint density at radius 2 is 1.76 bits per heavy atom. The number of imidazole rings is 1. The van der Waals surface area contributed by atoms with Gasteiger partial charge in [-0.15, -0.1) is 0 Å². The van der Waals surface area contributed by atoms with E-state index in [0.29, 0.717) is 13.1 Å². The number of aromatic nitrogens is 2. The molecule has 0 saturated heterocycles. The fourth-order valence-corrected chi connectivity index (χ4v) is 2.12. The molecule has 3 N–H and O–H groups in total. The average Bonchev–Trinajstić information content (AvgIpc) is 2.99. The van der Waals surface area contributed by atoms with Gasteiger partial charge in [-0.05, 0) is 23.3 Å². The van der Waals surface area contributed by atoms with Crippen molar-refractivity contribution >= 4 is 17.1 Å². The maximum absolute atomic E-state index is 11.8. The summed E-state index contributed by atoms with van der Waals surface area (Å²) in [5.74, 6) is 0. The Labute approximate surface area is 122 Å². The highest BCUT2D eigenvalue weighted by atomic mass is 16.2. The van der Waals surface area contributed by atoms with E-state index in [-0.39, 0.29) is 6.03 Å². The molecule has 0 unspecified atom stereocenters. The first-order valence-corrected chi connectivity index (χ1v) is 6.79. The molecule has 2 amide bonds. The SMILES string of the molecule is O=C(NCc1ccccc1)NCc1ccc2nc[nH]c2c1. The van der Waals surface area contributed by atoms with Crippen LogP contribution in [0.25, 0.3) is 11.0 Å². The Morgan fingerprint density at radius 3 is 2.57 bits per heavy atom. The predicted molar refractivity (Wildman–Crippen MR) is 81.6 cm³/mol. The molecule has 21 heavy (non-hydrogen) atoms. The zero-order valence-corrected chi connectivity index (χ0v) is 11.5. The van der Waals surface area contributed by atoms with Crippen molar-refractivity contribution in [1.82, 2.24) is 20.6 Å². The van der Waals surface area contributed by atoms with Crippen molar-refractivity contribution < 1.29 is 4.79 Å². The van der Waals surface area contributed by atoms with Gasteiger partial charge in [-0.2, -0.15) is 0 Å². The fraction of sp³-hybridized carbons (Fsp3) is 0.125. The number of benzene rings is 2. The van der Waals surface area contributed by atoms with Gasteiger partial charge in [0.1, 0.15) is 0 Å². The van der Waals surface area contributed by atoms with Crippen molar-refractivity contribution in [2.75, 3.05) is 0 Å². The second-order valence-electron chi connectivity index (χ2n) is 4.78.